The molecule has 1 N–H and O–H groups in total. The van der Waals surface area contributed by atoms with E-state index in [4.69, 9.17) is 11.6 Å². The maximum absolute atomic E-state index is 14.5. The van der Waals surface area contributed by atoms with Gasteiger partial charge in [0.15, 0.2) is 0 Å². The Morgan fingerprint density at radius 3 is 2.13 bits per heavy atom. The van der Waals surface area contributed by atoms with Gasteiger partial charge in [-0.25, -0.2) is 8.42 Å². The third kappa shape index (κ3) is 8.74. The number of nitrogens with zero attached hydrogens (tertiary/aromatic N) is 2. The number of benzene rings is 4. The molecule has 4 rings (SSSR count). The van der Waals surface area contributed by atoms with Gasteiger partial charge in [-0.1, -0.05) is 96.4 Å². The van der Waals surface area contributed by atoms with Crippen LogP contribution in [0.15, 0.2) is 102 Å². The summed E-state index contributed by atoms with van der Waals surface area (Å²) in [5, 5.41) is 3.45. The Labute approximate surface area is 271 Å². The Hall–Kier alpha value is -4.14. The highest BCUT2D eigenvalue weighted by molar-refractivity contribution is 7.92. The Kier molecular flexibility index (Phi) is 11.4. The number of nitrogens with one attached hydrogen (secondary N) is 1. The molecule has 9 heteroatoms. The molecule has 4 aromatic rings. The Bertz CT molecular complexity index is 1730. The lowest BCUT2D eigenvalue weighted by Crippen LogP contribution is -2.53. The van der Waals surface area contributed by atoms with Crippen LogP contribution in [-0.2, 0) is 32.6 Å². The maximum atomic E-state index is 14.5. The smallest absolute Gasteiger partial charge is 0.264 e. The molecule has 0 bridgehead atoms. The monoisotopic (exact) mass is 645 g/mol. The van der Waals surface area contributed by atoms with Gasteiger partial charge in [0.1, 0.15) is 12.6 Å². The molecular weight excluding hydrogens is 606 g/mol. The van der Waals surface area contributed by atoms with Crippen molar-refractivity contribution in [3.05, 3.63) is 130 Å². The van der Waals surface area contributed by atoms with Gasteiger partial charge in [0.25, 0.3) is 10.0 Å². The minimum atomic E-state index is -4.17. The number of rotatable bonds is 13. The summed E-state index contributed by atoms with van der Waals surface area (Å²) in [6.45, 7) is 7.58. The summed E-state index contributed by atoms with van der Waals surface area (Å²) in [4.78, 5) is 29.8. The van der Waals surface area contributed by atoms with Gasteiger partial charge in [0.2, 0.25) is 11.8 Å². The first-order valence-electron chi connectivity index (χ1n) is 15.0. The van der Waals surface area contributed by atoms with Crippen molar-refractivity contribution >= 4 is 39.1 Å². The number of carbonyl (C=O) groups excluding carboxylic acids is 2. The quantitative estimate of drug-likeness (QED) is 0.177. The van der Waals surface area contributed by atoms with Crippen molar-refractivity contribution in [1.29, 1.82) is 0 Å². The zero-order valence-electron chi connectivity index (χ0n) is 26.2. The fourth-order valence-electron chi connectivity index (χ4n) is 5.19. The van der Waals surface area contributed by atoms with Crippen LogP contribution in [0.25, 0.3) is 0 Å². The molecule has 0 heterocycles. The Morgan fingerprint density at radius 1 is 0.822 bits per heavy atom. The first-order chi connectivity index (χ1) is 21.5. The van der Waals surface area contributed by atoms with Gasteiger partial charge in [-0.3, -0.25) is 13.9 Å². The average Bonchev–Trinajstić information content (AvgIpc) is 3.01. The van der Waals surface area contributed by atoms with Crippen molar-refractivity contribution in [3.63, 3.8) is 0 Å². The summed E-state index contributed by atoms with van der Waals surface area (Å²) < 4.78 is 29.6. The minimum absolute atomic E-state index is 0.0573. The summed E-state index contributed by atoms with van der Waals surface area (Å²) in [6, 6.07) is 27.7. The van der Waals surface area contributed by atoms with Crippen LogP contribution >= 0.6 is 11.6 Å². The van der Waals surface area contributed by atoms with Crippen LogP contribution < -0.4 is 9.62 Å². The number of hydrogen-bond donors (Lipinski definition) is 1. The molecule has 0 radical (unpaired) electrons. The van der Waals surface area contributed by atoms with E-state index in [0.717, 1.165) is 33.0 Å². The van der Waals surface area contributed by atoms with E-state index in [2.05, 4.69) is 5.32 Å². The predicted octanol–water partition coefficient (Wildman–Crippen LogP) is 6.63. The third-order valence-electron chi connectivity index (χ3n) is 7.57. The van der Waals surface area contributed by atoms with E-state index < -0.39 is 28.5 Å². The second-order valence-corrected chi connectivity index (χ2v) is 13.6. The van der Waals surface area contributed by atoms with E-state index >= 15 is 0 Å². The van der Waals surface area contributed by atoms with E-state index in [-0.39, 0.29) is 23.8 Å². The number of amides is 2. The van der Waals surface area contributed by atoms with Crippen LogP contribution in [0.2, 0.25) is 5.02 Å². The fraction of sp³-hybridized carbons (Fsp3) is 0.278. The molecule has 0 aliphatic rings. The van der Waals surface area contributed by atoms with Gasteiger partial charge in [-0.05, 0) is 74.2 Å². The number of halogens is 1. The summed E-state index contributed by atoms with van der Waals surface area (Å²) in [6.07, 6.45) is 0.971. The zero-order chi connectivity index (χ0) is 32.6. The molecule has 0 fully saturated rings. The lowest BCUT2D eigenvalue weighted by atomic mass is 10.0. The van der Waals surface area contributed by atoms with Gasteiger partial charge in [0, 0.05) is 24.5 Å². The zero-order valence-corrected chi connectivity index (χ0v) is 27.7. The van der Waals surface area contributed by atoms with Crippen LogP contribution in [0.5, 0.6) is 0 Å². The summed E-state index contributed by atoms with van der Waals surface area (Å²) in [5.74, 6) is -0.825. The molecule has 2 amide bonds. The molecule has 0 saturated carbocycles. The van der Waals surface area contributed by atoms with Crippen LogP contribution in [0.1, 0.15) is 41.2 Å². The summed E-state index contributed by atoms with van der Waals surface area (Å²) in [5.41, 5.74) is 4.58. The van der Waals surface area contributed by atoms with Crippen LogP contribution in [0.4, 0.5) is 5.69 Å². The van der Waals surface area contributed by atoms with Crippen LogP contribution in [0, 0.1) is 20.8 Å². The van der Waals surface area contributed by atoms with Gasteiger partial charge in [-0.2, -0.15) is 0 Å². The Balaban J connectivity index is 1.82. The topological polar surface area (TPSA) is 86.8 Å². The predicted molar refractivity (Wildman–Crippen MR) is 181 cm³/mol. The number of hydrogen-bond acceptors (Lipinski definition) is 4. The molecule has 236 valence electrons. The molecule has 0 aliphatic heterocycles. The molecule has 0 aromatic heterocycles. The maximum Gasteiger partial charge on any atom is 0.264 e. The lowest BCUT2D eigenvalue weighted by molar-refractivity contribution is -0.140. The van der Waals surface area contributed by atoms with Crippen LogP contribution in [0.3, 0.4) is 0 Å². The van der Waals surface area contributed by atoms with Crippen molar-refractivity contribution in [3.8, 4) is 0 Å². The van der Waals surface area contributed by atoms with Gasteiger partial charge in [0.05, 0.1) is 10.6 Å². The van der Waals surface area contributed by atoms with E-state index in [1.807, 2.05) is 76.2 Å². The van der Waals surface area contributed by atoms with E-state index in [0.29, 0.717) is 22.8 Å². The van der Waals surface area contributed by atoms with Crippen LogP contribution in [-0.4, -0.2) is 44.3 Å². The van der Waals surface area contributed by atoms with E-state index in [1.165, 1.54) is 4.90 Å². The molecular formula is C36H40ClN3O4S. The SMILES string of the molecule is CCCNC(=O)C(Cc1ccccc1)N(Cc1cccc(Cl)c1)C(=O)CN(c1ccc(C)cc1C)S(=O)(=O)c1ccc(C)cc1. The number of carbonyl (C=O) groups is 2. The summed E-state index contributed by atoms with van der Waals surface area (Å²) in [7, 11) is -4.17. The molecule has 7 nitrogen and oxygen atoms in total. The van der Waals surface area contributed by atoms with Crippen molar-refractivity contribution < 1.29 is 18.0 Å². The number of anilines is 1. The second kappa shape index (κ2) is 15.2. The summed E-state index contributed by atoms with van der Waals surface area (Å²) >= 11 is 6.31. The highest BCUT2D eigenvalue weighted by atomic mass is 35.5. The molecule has 1 unspecified atom stereocenters. The lowest BCUT2D eigenvalue weighted by Gasteiger charge is -2.34. The van der Waals surface area contributed by atoms with Crippen molar-refractivity contribution in [2.75, 3.05) is 17.4 Å². The molecule has 4 aromatic carbocycles. The standard InChI is InChI=1S/C36H40ClN3O4S/c1-5-20-38-36(42)34(23-29-10-7-6-8-11-29)39(24-30-12-9-13-31(37)22-30)35(41)25-40(33-19-16-27(3)21-28(33)4)45(43,44)32-17-14-26(2)15-18-32/h6-19,21-22,34H,5,20,23-25H2,1-4H3,(H,38,42). The van der Waals surface area contributed by atoms with E-state index in [9.17, 15) is 18.0 Å². The number of sulfonamides is 1. The molecule has 1 atom stereocenters. The fourth-order valence-corrected chi connectivity index (χ4v) is 6.88. The first-order valence-corrected chi connectivity index (χ1v) is 16.8. The highest BCUT2D eigenvalue weighted by Crippen LogP contribution is 2.29. The Morgan fingerprint density at radius 2 is 1.49 bits per heavy atom. The average molecular weight is 646 g/mol. The highest BCUT2D eigenvalue weighted by Gasteiger charge is 2.35. The molecule has 0 aliphatic carbocycles. The van der Waals surface area contributed by atoms with E-state index in [1.54, 1.807) is 48.5 Å². The minimum Gasteiger partial charge on any atom is -0.354 e. The van der Waals surface area contributed by atoms with Crippen molar-refractivity contribution in [2.24, 2.45) is 0 Å². The normalized spacial score (nSPS) is 11.9. The largest absolute Gasteiger partial charge is 0.354 e. The third-order valence-corrected chi connectivity index (χ3v) is 9.58. The molecule has 45 heavy (non-hydrogen) atoms. The van der Waals surface area contributed by atoms with Gasteiger partial charge >= 0.3 is 0 Å². The second-order valence-electron chi connectivity index (χ2n) is 11.3. The van der Waals surface area contributed by atoms with Gasteiger partial charge < -0.3 is 10.2 Å². The molecule has 0 spiro atoms. The van der Waals surface area contributed by atoms with Gasteiger partial charge in [-0.15, -0.1) is 0 Å². The molecule has 0 saturated heterocycles. The number of aryl methyl sites for hydroxylation is 3. The first kappa shape index (κ1) is 33.7. The van der Waals surface area contributed by atoms with Crippen molar-refractivity contribution in [1.82, 2.24) is 10.2 Å². The van der Waals surface area contributed by atoms with Crippen molar-refractivity contribution in [2.45, 2.75) is 58.0 Å².